The van der Waals surface area contributed by atoms with Gasteiger partial charge in [0.15, 0.2) is 0 Å². The van der Waals surface area contributed by atoms with Crippen LogP contribution in [0.1, 0.15) is 12.8 Å². The van der Waals surface area contributed by atoms with Gasteiger partial charge in [-0.05, 0) is 18.9 Å². The molecule has 0 heterocycles. The summed E-state index contributed by atoms with van der Waals surface area (Å²) in [6, 6.07) is 3.64. The van der Waals surface area contributed by atoms with E-state index in [1.165, 1.54) is 23.1 Å². The number of carbonyl (C=O) groups excluding carboxylic acids is 1. The first kappa shape index (κ1) is 14.5. The predicted molar refractivity (Wildman–Crippen MR) is 73.9 cm³/mol. The highest BCUT2D eigenvalue weighted by Crippen LogP contribution is 2.29. The number of nitrogens with zero attached hydrogens (tertiary/aromatic N) is 2. The van der Waals surface area contributed by atoms with Gasteiger partial charge in [-0.15, -0.1) is 0 Å². The lowest BCUT2D eigenvalue weighted by molar-refractivity contribution is -0.384. The molecule has 0 bridgehead atoms. The van der Waals surface area contributed by atoms with E-state index in [-0.39, 0.29) is 35.9 Å². The summed E-state index contributed by atoms with van der Waals surface area (Å²) < 4.78 is 0. The average molecular weight is 300 g/mol. The van der Waals surface area contributed by atoms with Crippen molar-refractivity contribution in [2.24, 2.45) is 0 Å². The molecule has 1 aliphatic rings. The highest BCUT2D eigenvalue weighted by molar-refractivity contribution is 6.33. The number of nitro benzene ring substituents is 1. The van der Waals surface area contributed by atoms with Crippen LogP contribution in [0.2, 0.25) is 5.02 Å². The number of amides is 2. The number of anilines is 1. The van der Waals surface area contributed by atoms with Crippen molar-refractivity contribution in [2.75, 3.05) is 18.5 Å². The molecule has 8 heteroatoms. The van der Waals surface area contributed by atoms with Crippen molar-refractivity contribution in [3.05, 3.63) is 33.3 Å². The van der Waals surface area contributed by atoms with Crippen LogP contribution in [0.5, 0.6) is 0 Å². The predicted octanol–water partition coefficient (Wildman–Crippen LogP) is 2.24. The third kappa shape index (κ3) is 3.37. The summed E-state index contributed by atoms with van der Waals surface area (Å²) in [7, 11) is 0. The molecule has 1 aliphatic carbocycles. The normalized spacial score (nSPS) is 13.9. The Labute approximate surface area is 120 Å². The molecule has 7 nitrogen and oxygen atoms in total. The molecule has 0 saturated heterocycles. The molecule has 0 radical (unpaired) electrons. The molecule has 1 saturated carbocycles. The van der Waals surface area contributed by atoms with Gasteiger partial charge in [0.1, 0.15) is 0 Å². The van der Waals surface area contributed by atoms with Crippen LogP contribution in [-0.4, -0.2) is 40.2 Å². The van der Waals surface area contributed by atoms with Gasteiger partial charge in [-0.1, -0.05) is 11.6 Å². The Morgan fingerprint density at radius 2 is 2.25 bits per heavy atom. The smallest absolute Gasteiger partial charge is 0.322 e. The Bertz CT molecular complexity index is 533. The van der Waals surface area contributed by atoms with Crippen LogP contribution < -0.4 is 5.32 Å². The lowest BCUT2D eigenvalue weighted by Gasteiger charge is -2.22. The topological polar surface area (TPSA) is 95.7 Å². The number of non-ortho nitro benzene ring substituents is 1. The molecule has 2 amide bonds. The summed E-state index contributed by atoms with van der Waals surface area (Å²) in [6.45, 7) is 0.138. The molecule has 0 aliphatic heterocycles. The molecule has 20 heavy (non-hydrogen) atoms. The summed E-state index contributed by atoms with van der Waals surface area (Å²) >= 11 is 5.91. The van der Waals surface area contributed by atoms with E-state index in [0.717, 1.165) is 12.8 Å². The van der Waals surface area contributed by atoms with Gasteiger partial charge in [0.25, 0.3) is 5.69 Å². The zero-order valence-corrected chi connectivity index (χ0v) is 11.3. The van der Waals surface area contributed by atoms with Crippen LogP contribution in [0.4, 0.5) is 16.2 Å². The summed E-state index contributed by atoms with van der Waals surface area (Å²) in [6.07, 6.45) is 1.84. The third-order valence-electron chi connectivity index (χ3n) is 2.99. The maximum absolute atomic E-state index is 12.1. The molecule has 1 fully saturated rings. The molecule has 0 spiro atoms. The van der Waals surface area contributed by atoms with Crippen molar-refractivity contribution in [1.82, 2.24) is 4.90 Å². The zero-order chi connectivity index (χ0) is 14.7. The molecular formula is C12H14ClN3O4. The first-order valence-corrected chi connectivity index (χ1v) is 6.53. The van der Waals surface area contributed by atoms with Crippen molar-refractivity contribution in [1.29, 1.82) is 0 Å². The third-order valence-corrected chi connectivity index (χ3v) is 3.31. The zero-order valence-electron chi connectivity index (χ0n) is 10.6. The Hall–Kier alpha value is -1.86. The standard InChI is InChI=1S/C12H14ClN3O4/c13-10-7-9(16(19)20)3-4-11(10)14-12(18)15(5-6-17)8-1-2-8/h3-4,7-8,17H,1-2,5-6H2,(H,14,18). The summed E-state index contributed by atoms with van der Waals surface area (Å²) in [4.78, 5) is 23.7. The first-order chi connectivity index (χ1) is 9.52. The number of halogens is 1. The summed E-state index contributed by atoms with van der Waals surface area (Å²) in [5.41, 5.74) is 0.174. The van der Waals surface area contributed by atoms with Crippen molar-refractivity contribution in [3.8, 4) is 0 Å². The second kappa shape index (κ2) is 6.06. The number of nitro groups is 1. The van der Waals surface area contributed by atoms with Gasteiger partial charge in [0, 0.05) is 24.7 Å². The Balaban J connectivity index is 2.08. The molecule has 0 unspecified atom stereocenters. The van der Waals surface area contributed by atoms with Crippen LogP contribution in [0.3, 0.4) is 0 Å². The molecular weight excluding hydrogens is 286 g/mol. The van der Waals surface area contributed by atoms with E-state index in [0.29, 0.717) is 5.69 Å². The number of urea groups is 1. The molecule has 1 aromatic carbocycles. The Morgan fingerprint density at radius 1 is 1.55 bits per heavy atom. The second-order valence-electron chi connectivity index (χ2n) is 4.50. The van der Waals surface area contributed by atoms with Gasteiger partial charge in [0.2, 0.25) is 0 Å². The number of rotatable bonds is 5. The number of aliphatic hydroxyl groups excluding tert-OH is 1. The minimum atomic E-state index is -0.556. The highest BCUT2D eigenvalue weighted by atomic mass is 35.5. The maximum Gasteiger partial charge on any atom is 0.322 e. The van der Waals surface area contributed by atoms with Crippen LogP contribution in [-0.2, 0) is 0 Å². The quantitative estimate of drug-likeness (QED) is 0.644. The maximum atomic E-state index is 12.1. The monoisotopic (exact) mass is 299 g/mol. The highest BCUT2D eigenvalue weighted by Gasteiger charge is 2.32. The van der Waals surface area contributed by atoms with Gasteiger partial charge >= 0.3 is 6.03 Å². The van der Waals surface area contributed by atoms with E-state index in [9.17, 15) is 14.9 Å². The van der Waals surface area contributed by atoms with Crippen LogP contribution >= 0.6 is 11.6 Å². The van der Waals surface area contributed by atoms with Crippen LogP contribution in [0.25, 0.3) is 0 Å². The van der Waals surface area contributed by atoms with Gasteiger partial charge < -0.3 is 15.3 Å². The first-order valence-electron chi connectivity index (χ1n) is 6.15. The average Bonchev–Trinajstić information content (AvgIpc) is 3.22. The second-order valence-corrected chi connectivity index (χ2v) is 4.91. The minimum Gasteiger partial charge on any atom is -0.395 e. The number of nitrogens with one attached hydrogen (secondary N) is 1. The Kier molecular flexibility index (Phi) is 4.41. The fraction of sp³-hybridized carbons (Fsp3) is 0.417. The number of hydrogen-bond acceptors (Lipinski definition) is 4. The van der Waals surface area contributed by atoms with Crippen LogP contribution in [0, 0.1) is 10.1 Å². The van der Waals surface area contributed by atoms with Crippen molar-refractivity contribution in [2.45, 2.75) is 18.9 Å². The van der Waals surface area contributed by atoms with Gasteiger partial charge in [-0.3, -0.25) is 10.1 Å². The van der Waals surface area contributed by atoms with Crippen LogP contribution in [0.15, 0.2) is 18.2 Å². The van der Waals surface area contributed by atoms with E-state index in [1.807, 2.05) is 0 Å². The molecule has 2 N–H and O–H groups in total. The van der Waals surface area contributed by atoms with E-state index in [2.05, 4.69) is 5.32 Å². The molecule has 0 aromatic heterocycles. The van der Waals surface area contributed by atoms with E-state index in [1.54, 1.807) is 0 Å². The van der Waals surface area contributed by atoms with Crippen molar-refractivity contribution in [3.63, 3.8) is 0 Å². The lowest BCUT2D eigenvalue weighted by atomic mass is 10.3. The lowest BCUT2D eigenvalue weighted by Crippen LogP contribution is -2.38. The minimum absolute atomic E-state index is 0.104. The Morgan fingerprint density at radius 3 is 2.75 bits per heavy atom. The number of benzene rings is 1. The van der Waals surface area contributed by atoms with Gasteiger partial charge in [-0.25, -0.2) is 4.79 Å². The number of carbonyl (C=O) groups is 1. The fourth-order valence-corrected chi connectivity index (χ4v) is 2.07. The van der Waals surface area contributed by atoms with E-state index >= 15 is 0 Å². The molecule has 0 atom stereocenters. The number of hydrogen-bond donors (Lipinski definition) is 2. The fourth-order valence-electron chi connectivity index (χ4n) is 1.85. The molecule has 2 rings (SSSR count). The van der Waals surface area contributed by atoms with E-state index in [4.69, 9.17) is 16.7 Å². The summed E-state index contributed by atoms with van der Waals surface area (Å²) in [5.74, 6) is 0. The van der Waals surface area contributed by atoms with Crippen molar-refractivity contribution < 1.29 is 14.8 Å². The van der Waals surface area contributed by atoms with Gasteiger partial charge in [0.05, 0.1) is 22.2 Å². The van der Waals surface area contributed by atoms with Crippen molar-refractivity contribution >= 4 is 29.0 Å². The van der Waals surface area contributed by atoms with Gasteiger partial charge in [-0.2, -0.15) is 0 Å². The SMILES string of the molecule is O=C(Nc1ccc([N+](=O)[O-])cc1Cl)N(CCO)C1CC1. The largest absolute Gasteiger partial charge is 0.395 e. The molecule has 108 valence electrons. The van der Waals surface area contributed by atoms with E-state index < -0.39 is 4.92 Å². The number of aliphatic hydroxyl groups is 1. The summed E-state index contributed by atoms with van der Waals surface area (Å²) in [5, 5.41) is 22.3. The molecule has 1 aromatic rings.